The van der Waals surface area contributed by atoms with Crippen LogP contribution in [0.3, 0.4) is 0 Å². The summed E-state index contributed by atoms with van der Waals surface area (Å²) in [4.78, 5) is 12.1. The summed E-state index contributed by atoms with van der Waals surface area (Å²) in [7, 11) is 1.65. The van der Waals surface area contributed by atoms with Crippen molar-refractivity contribution in [3.63, 3.8) is 0 Å². The van der Waals surface area contributed by atoms with Gasteiger partial charge in [0.05, 0.1) is 7.11 Å². The molecule has 2 aromatic carbocycles. The number of carbonyl (C=O) groups is 1. The fraction of sp³-hybridized carbons (Fsp3) is 0.188. The van der Waals surface area contributed by atoms with Crippen molar-refractivity contribution in [1.82, 2.24) is 0 Å². The third-order valence-electron chi connectivity index (χ3n) is 2.87. The highest BCUT2D eigenvalue weighted by molar-refractivity contribution is 7.98. The van der Waals surface area contributed by atoms with Crippen LogP contribution in [0.5, 0.6) is 5.75 Å². The number of benzene rings is 2. The summed E-state index contributed by atoms with van der Waals surface area (Å²) in [5.41, 5.74) is 8.40. The van der Waals surface area contributed by atoms with E-state index in [1.807, 2.05) is 42.5 Å². The van der Waals surface area contributed by atoms with Gasteiger partial charge in [-0.15, -0.1) is 11.8 Å². The minimum absolute atomic E-state index is 0.0695. The van der Waals surface area contributed by atoms with Crippen molar-refractivity contribution < 1.29 is 9.53 Å². The molecule has 0 saturated heterocycles. The summed E-state index contributed by atoms with van der Waals surface area (Å²) in [6.45, 7) is 1.49. The first-order valence-electron chi connectivity index (χ1n) is 6.51. The number of nitrogens with one attached hydrogen (secondary N) is 1. The second kappa shape index (κ2) is 7.04. The fourth-order valence-corrected chi connectivity index (χ4v) is 2.79. The minimum atomic E-state index is -0.0695. The molecule has 0 bridgehead atoms. The van der Waals surface area contributed by atoms with Crippen molar-refractivity contribution in [2.24, 2.45) is 0 Å². The van der Waals surface area contributed by atoms with Crippen molar-refractivity contribution in [1.29, 1.82) is 0 Å². The van der Waals surface area contributed by atoms with Crippen LogP contribution in [0.15, 0.2) is 47.4 Å². The van der Waals surface area contributed by atoms with Gasteiger partial charge in [0.15, 0.2) is 0 Å². The van der Waals surface area contributed by atoms with Gasteiger partial charge in [-0.05, 0) is 42.5 Å². The highest BCUT2D eigenvalue weighted by Gasteiger charge is 2.05. The molecule has 3 N–H and O–H groups in total. The summed E-state index contributed by atoms with van der Waals surface area (Å²) in [6, 6.07) is 13.4. The Morgan fingerprint density at radius 1 is 1.24 bits per heavy atom. The van der Waals surface area contributed by atoms with Crippen molar-refractivity contribution in [3.05, 3.63) is 48.0 Å². The first-order valence-corrected chi connectivity index (χ1v) is 7.50. The van der Waals surface area contributed by atoms with Gasteiger partial charge in [-0.2, -0.15) is 0 Å². The van der Waals surface area contributed by atoms with Crippen LogP contribution in [0.1, 0.15) is 12.5 Å². The van der Waals surface area contributed by atoms with E-state index < -0.39 is 0 Å². The Bertz CT molecular complexity index is 627. The predicted molar refractivity (Wildman–Crippen MR) is 87.7 cm³/mol. The summed E-state index contributed by atoms with van der Waals surface area (Å²) in [6.07, 6.45) is 0. The molecule has 0 spiro atoms. The smallest absolute Gasteiger partial charge is 0.221 e. The van der Waals surface area contributed by atoms with E-state index in [0.29, 0.717) is 0 Å². The van der Waals surface area contributed by atoms with Gasteiger partial charge in [-0.25, -0.2) is 0 Å². The number of hydrogen-bond acceptors (Lipinski definition) is 4. The average molecular weight is 302 g/mol. The number of ether oxygens (including phenoxy) is 1. The zero-order valence-electron chi connectivity index (χ0n) is 12.1. The van der Waals surface area contributed by atoms with E-state index in [1.54, 1.807) is 18.9 Å². The van der Waals surface area contributed by atoms with E-state index in [-0.39, 0.29) is 5.91 Å². The molecule has 0 unspecified atom stereocenters. The van der Waals surface area contributed by atoms with Gasteiger partial charge in [-0.3, -0.25) is 4.79 Å². The molecule has 4 nitrogen and oxygen atoms in total. The lowest BCUT2D eigenvalue weighted by Gasteiger charge is -2.09. The largest absolute Gasteiger partial charge is 0.496 e. The Kier molecular flexibility index (Phi) is 5.11. The first kappa shape index (κ1) is 15.3. The van der Waals surface area contributed by atoms with Crippen molar-refractivity contribution in [3.8, 4) is 5.75 Å². The lowest BCUT2D eigenvalue weighted by atomic mass is 10.2. The van der Waals surface area contributed by atoms with Gasteiger partial charge in [0.25, 0.3) is 0 Å². The summed E-state index contributed by atoms with van der Waals surface area (Å²) in [5, 5.41) is 2.75. The van der Waals surface area contributed by atoms with Crippen LogP contribution in [0, 0.1) is 0 Å². The normalized spacial score (nSPS) is 10.2. The van der Waals surface area contributed by atoms with Crippen LogP contribution >= 0.6 is 11.8 Å². The first-order chi connectivity index (χ1) is 10.1. The van der Waals surface area contributed by atoms with Gasteiger partial charge >= 0.3 is 0 Å². The third-order valence-corrected chi connectivity index (χ3v) is 3.93. The maximum atomic E-state index is 11.0. The maximum absolute atomic E-state index is 11.0. The number of amides is 1. The quantitative estimate of drug-likeness (QED) is 0.655. The molecule has 0 saturated carbocycles. The molecule has 21 heavy (non-hydrogen) atoms. The molecular formula is C16H18N2O2S. The van der Waals surface area contributed by atoms with Crippen LogP contribution in [0.4, 0.5) is 11.4 Å². The van der Waals surface area contributed by atoms with Crippen molar-refractivity contribution in [2.75, 3.05) is 18.2 Å². The predicted octanol–water partition coefficient (Wildman–Crippen LogP) is 3.53. The molecule has 0 fully saturated rings. The van der Waals surface area contributed by atoms with Crippen LogP contribution in [-0.2, 0) is 10.5 Å². The molecule has 0 aromatic heterocycles. The Morgan fingerprint density at radius 2 is 1.95 bits per heavy atom. The second-order valence-corrected chi connectivity index (χ2v) is 5.61. The molecular weight excluding hydrogens is 284 g/mol. The van der Waals surface area contributed by atoms with E-state index >= 15 is 0 Å². The molecule has 2 aromatic rings. The zero-order chi connectivity index (χ0) is 15.2. The molecule has 0 radical (unpaired) electrons. The Morgan fingerprint density at radius 3 is 2.57 bits per heavy atom. The highest BCUT2D eigenvalue weighted by atomic mass is 32.2. The van der Waals surface area contributed by atoms with Crippen LogP contribution in [0.2, 0.25) is 0 Å². The van der Waals surface area contributed by atoms with E-state index in [1.165, 1.54) is 6.92 Å². The summed E-state index contributed by atoms with van der Waals surface area (Å²) < 4.78 is 5.34. The van der Waals surface area contributed by atoms with Crippen LogP contribution in [0.25, 0.3) is 0 Å². The number of carbonyl (C=O) groups excluding carboxylic acids is 1. The summed E-state index contributed by atoms with van der Waals surface area (Å²) >= 11 is 1.69. The Balaban J connectivity index is 2.03. The Labute approximate surface area is 128 Å². The topological polar surface area (TPSA) is 64.3 Å². The van der Waals surface area contributed by atoms with Crippen molar-refractivity contribution >= 4 is 29.0 Å². The van der Waals surface area contributed by atoms with E-state index in [4.69, 9.17) is 10.5 Å². The number of rotatable bonds is 5. The number of hydrogen-bond donors (Lipinski definition) is 2. The monoisotopic (exact) mass is 302 g/mol. The summed E-state index contributed by atoms with van der Waals surface area (Å²) in [5.74, 6) is 1.54. The third kappa shape index (κ3) is 4.43. The number of methoxy groups -OCH3 is 1. The van der Waals surface area contributed by atoms with Gasteiger partial charge in [0, 0.05) is 34.5 Å². The van der Waals surface area contributed by atoms with Crippen molar-refractivity contribution in [2.45, 2.75) is 17.6 Å². The van der Waals surface area contributed by atoms with Gasteiger partial charge in [0.1, 0.15) is 5.75 Å². The molecule has 110 valence electrons. The van der Waals surface area contributed by atoms with Gasteiger partial charge in [-0.1, -0.05) is 0 Å². The average Bonchev–Trinajstić information content (AvgIpc) is 2.46. The standard InChI is InChI=1S/C16H18N2O2S/c1-11(19)18-14-4-6-15(7-5-14)21-10-12-9-13(17)3-8-16(12)20-2/h3-9H,10,17H2,1-2H3,(H,18,19). The second-order valence-electron chi connectivity index (χ2n) is 4.57. The van der Waals surface area contributed by atoms with Gasteiger partial charge < -0.3 is 15.8 Å². The van der Waals surface area contributed by atoms with E-state index in [0.717, 1.165) is 33.3 Å². The SMILES string of the molecule is COc1ccc(N)cc1CSc1ccc(NC(C)=O)cc1. The molecule has 2 rings (SSSR count). The Hall–Kier alpha value is -2.14. The number of nitrogens with two attached hydrogens (primary N) is 1. The molecule has 1 amide bonds. The van der Waals surface area contributed by atoms with E-state index in [2.05, 4.69) is 5.32 Å². The van der Waals surface area contributed by atoms with Crippen LogP contribution < -0.4 is 15.8 Å². The lowest BCUT2D eigenvalue weighted by molar-refractivity contribution is -0.114. The molecule has 5 heteroatoms. The number of thioether (sulfide) groups is 1. The fourth-order valence-electron chi connectivity index (χ4n) is 1.91. The van der Waals surface area contributed by atoms with Gasteiger partial charge in [0.2, 0.25) is 5.91 Å². The highest BCUT2D eigenvalue weighted by Crippen LogP contribution is 2.30. The maximum Gasteiger partial charge on any atom is 0.221 e. The molecule has 0 aliphatic carbocycles. The molecule has 0 heterocycles. The minimum Gasteiger partial charge on any atom is -0.496 e. The lowest BCUT2D eigenvalue weighted by Crippen LogP contribution is -2.05. The van der Waals surface area contributed by atoms with E-state index in [9.17, 15) is 4.79 Å². The van der Waals surface area contributed by atoms with Crippen LogP contribution in [-0.4, -0.2) is 13.0 Å². The molecule has 0 aliphatic heterocycles. The zero-order valence-corrected chi connectivity index (χ0v) is 12.9. The number of anilines is 2. The number of nitrogen functional groups attached to an aromatic ring is 1. The molecule has 0 aliphatic rings. The molecule has 0 atom stereocenters.